The van der Waals surface area contributed by atoms with Crippen LogP contribution in [0.25, 0.3) is 0 Å². The molecule has 1 fully saturated rings. The minimum absolute atomic E-state index is 0.0452. The first-order chi connectivity index (χ1) is 14.8. The Labute approximate surface area is 189 Å². The Bertz CT molecular complexity index is 715. The maximum Gasteiger partial charge on any atom is 0.306 e. The molecule has 0 bridgehead atoms. The Morgan fingerprint density at radius 2 is 1.97 bits per heavy atom. The number of esters is 1. The molecule has 0 spiro atoms. The summed E-state index contributed by atoms with van der Waals surface area (Å²) in [5.74, 6) is 0.394. The third-order valence-electron chi connectivity index (χ3n) is 4.85. The molecule has 0 aliphatic carbocycles. The van der Waals surface area contributed by atoms with Crippen molar-refractivity contribution in [3.05, 3.63) is 53.6 Å². The van der Waals surface area contributed by atoms with Crippen LogP contribution in [0.4, 0.5) is 0 Å². The topological polar surface area (TPSA) is 85.2 Å². The van der Waals surface area contributed by atoms with Gasteiger partial charge in [-0.1, -0.05) is 35.9 Å². The SMILES string of the molecule is CC(C)OC(=O)CC/C=C\CC[C@H]1[C@@H](O)CO[C@@H]1/C=C/C(O)COc1ccc(Cl)cc1. The number of carbonyl (C=O) groups excluding carboxylic acids is 1. The van der Waals surface area contributed by atoms with Gasteiger partial charge in [0.15, 0.2) is 0 Å². The summed E-state index contributed by atoms with van der Waals surface area (Å²) in [7, 11) is 0. The maximum absolute atomic E-state index is 11.5. The van der Waals surface area contributed by atoms with Crippen LogP contribution in [0.1, 0.15) is 39.5 Å². The van der Waals surface area contributed by atoms with Gasteiger partial charge in [-0.2, -0.15) is 0 Å². The molecule has 0 radical (unpaired) electrons. The van der Waals surface area contributed by atoms with E-state index in [9.17, 15) is 15.0 Å². The summed E-state index contributed by atoms with van der Waals surface area (Å²) < 4.78 is 16.3. The Morgan fingerprint density at radius 3 is 2.68 bits per heavy atom. The van der Waals surface area contributed by atoms with Crippen molar-refractivity contribution in [2.45, 2.75) is 63.9 Å². The normalized spacial score (nSPS) is 22.5. The lowest BCUT2D eigenvalue weighted by Gasteiger charge is -2.17. The van der Waals surface area contributed by atoms with Crippen molar-refractivity contribution < 1.29 is 29.2 Å². The van der Waals surface area contributed by atoms with Gasteiger partial charge >= 0.3 is 5.97 Å². The molecule has 6 nitrogen and oxygen atoms in total. The summed E-state index contributed by atoms with van der Waals surface area (Å²) in [5.41, 5.74) is 0. The molecule has 1 aromatic carbocycles. The maximum atomic E-state index is 11.5. The lowest BCUT2D eigenvalue weighted by atomic mass is 9.93. The molecular weight excluding hydrogens is 420 g/mol. The van der Waals surface area contributed by atoms with Crippen molar-refractivity contribution in [1.29, 1.82) is 0 Å². The second kappa shape index (κ2) is 13.5. The zero-order chi connectivity index (χ0) is 22.6. The molecule has 1 aromatic rings. The Hall–Kier alpha value is -1.86. The van der Waals surface area contributed by atoms with Crippen molar-refractivity contribution in [3.8, 4) is 5.75 Å². The second-order valence-electron chi connectivity index (χ2n) is 7.87. The van der Waals surface area contributed by atoms with E-state index in [1.807, 2.05) is 26.0 Å². The molecule has 1 heterocycles. The van der Waals surface area contributed by atoms with Crippen molar-refractivity contribution in [3.63, 3.8) is 0 Å². The number of ether oxygens (including phenoxy) is 3. The number of carbonyl (C=O) groups is 1. The third-order valence-corrected chi connectivity index (χ3v) is 5.10. The number of aliphatic hydroxyl groups is 2. The molecule has 4 atom stereocenters. The summed E-state index contributed by atoms with van der Waals surface area (Å²) >= 11 is 5.84. The average molecular weight is 453 g/mol. The highest BCUT2D eigenvalue weighted by molar-refractivity contribution is 6.30. The fourth-order valence-corrected chi connectivity index (χ4v) is 3.41. The highest BCUT2D eigenvalue weighted by atomic mass is 35.5. The van der Waals surface area contributed by atoms with Crippen LogP contribution >= 0.6 is 11.6 Å². The highest BCUT2D eigenvalue weighted by Crippen LogP contribution is 2.27. The summed E-state index contributed by atoms with van der Waals surface area (Å²) in [4.78, 5) is 11.5. The number of hydrogen-bond donors (Lipinski definition) is 2. The Morgan fingerprint density at radius 1 is 1.26 bits per heavy atom. The largest absolute Gasteiger partial charge is 0.491 e. The minimum Gasteiger partial charge on any atom is -0.491 e. The van der Waals surface area contributed by atoms with Gasteiger partial charge in [-0.3, -0.25) is 4.79 Å². The van der Waals surface area contributed by atoms with Crippen molar-refractivity contribution in [2.75, 3.05) is 13.2 Å². The zero-order valence-corrected chi connectivity index (χ0v) is 18.9. The molecule has 1 unspecified atom stereocenters. The molecule has 2 rings (SSSR count). The van der Waals surface area contributed by atoms with E-state index in [1.54, 1.807) is 36.4 Å². The Balaban J connectivity index is 1.71. The lowest BCUT2D eigenvalue weighted by molar-refractivity contribution is -0.147. The van der Waals surface area contributed by atoms with Crippen LogP contribution in [0, 0.1) is 5.92 Å². The van der Waals surface area contributed by atoms with Crippen molar-refractivity contribution in [2.24, 2.45) is 5.92 Å². The molecular formula is C24H33ClO6. The number of allylic oxidation sites excluding steroid dienone is 2. The van der Waals surface area contributed by atoms with Crippen LogP contribution < -0.4 is 4.74 Å². The Kier molecular flexibility index (Phi) is 11.1. The fraction of sp³-hybridized carbons (Fsp3) is 0.542. The first-order valence-corrected chi connectivity index (χ1v) is 11.1. The van der Waals surface area contributed by atoms with Crippen LogP contribution in [0.15, 0.2) is 48.6 Å². The van der Waals surface area contributed by atoms with E-state index in [4.69, 9.17) is 25.8 Å². The van der Waals surface area contributed by atoms with E-state index in [0.29, 0.717) is 23.6 Å². The van der Waals surface area contributed by atoms with E-state index < -0.39 is 12.2 Å². The zero-order valence-electron chi connectivity index (χ0n) is 18.2. The van der Waals surface area contributed by atoms with E-state index in [0.717, 1.165) is 12.8 Å². The summed E-state index contributed by atoms with van der Waals surface area (Å²) in [6.07, 6.45) is 8.28. The number of aliphatic hydroxyl groups excluding tert-OH is 2. The van der Waals surface area contributed by atoms with Gasteiger partial charge in [0.1, 0.15) is 18.5 Å². The predicted molar refractivity (Wildman–Crippen MR) is 120 cm³/mol. The van der Waals surface area contributed by atoms with Gasteiger partial charge in [0.25, 0.3) is 0 Å². The van der Waals surface area contributed by atoms with Gasteiger partial charge in [-0.05, 0) is 57.4 Å². The molecule has 172 valence electrons. The minimum atomic E-state index is -0.789. The van der Waals surface area contributed by atoms with Gasteiger partial charge < -0.3 is 24.4 Å². The van der Waals surface area contributed by atoms with E-state index in [1.165, 1.54) is 0 Å². The molecule has 31 heavy (non-hydrogen) atoms. The molecule has 7 heteroatoms. The van der Waals surface area contributed by atoms with Gasteiger partial charge in [0, 0.05) is 17.4 Å². The molecule has 0 amide bonds. The number of hydrogen-bond acceptors (Lipinski definition) is 6. The molecule has 1 aliphatic heterocycles. The summed E-state index contributed by atoms with van der Waals surface area (Å²) in [6, 6.07) is 6.93. The average Bonchev–Trinajstić information content (AvgIpc) is 3.07. The monoisotopic (exact) mass is 452 g/mol. The van der Waals surface area contributed by atoms with Crippen LogP contribution in [0.5, 0.6) is 5.75 Å². The fourth-order valence-electron chi connectivity index (χ4n) is 3.28. The van der Waals surface area contributed by atoms with Crippen LogP contribution in [-0.4, -0.2) is 53.8 Å². The molecule has 2 N–H and O–H groups in total. The third kappa shape index (κ3) is 9.87. The number of benzene rings is 1. The lowest BCUT2D eigenvalue weighted by Crippen LogP contribution is -2.23. The van der Waals surface area contributed by atoms with Gasteiger partial charge in [0.2, 0.25) is 0 Å². The summed E-state index contributed by atoms with van der Waals surface area (Å²) in [5, 5.41) is 21.0. The van der Waals surface area contributed by atoms with Crippen molar-refractivity contribution >= 4 is 17.6 Å². The second-order valence-corrected chi connectivity index (χ2v) is 8.31. The van der Waals surface area contributed by atoms with Crippen LogP contribution in [0.3, 0.4) is 0 Å². The highest BCUT2D eigenvalue weighted by Gasteiger charge is 2.33. The van der Waals surface area contributed by atoms with Crippen molar-refractivity contribution in [1.82, 2.24) is 0 Å². The first-order valence-electron chi connectivity index (χ1n) is 10.7. The molecule has 1 aliphatic rings. The molecule has 0 aromatic heterocycles. The molecule has 0 saturated carbocycles. The first kappa shape index (κ1) is 25.4. The van der Waals surface area contributed by atoms with Gasteiger partial charge in [-0.25, -0.2) is 0 Å². The van der Waals surface area contributed by atoms with Crippen LogP contribution in [0.2, 0.25) is 5.02 Å². The standard InChI is InChI=1S/C24H33ClO6/c1-17(2)31-24(28)8-6-4-3-5-7-21-22(27)16-30-23(21)14-11-19(26)15-29-20-12-9-18(25)10-13-20/h3-4,9-14,17,19,21-23,26-27H,5-8,15-16H2,1-2H3/b4-3-,14-11+/t19?,21-,22-,23+/m0/s1. The summed E-state index contributed by atoms with van der Waals surface area (Å²) in [6.45, 7) is 4.06. The number of halogens is 1. The van der Waals surface area contributed by atoms with Gasteiger partial charge in [0.05, 0.1) is 24.9 Å². The van der Waals surface area contributed by atoms with E-state index in [2.05, 4.69) is 0 Å². The quantitative estimate of drug-likeness (QED) is 0.367. The van der Waals surface area contributed by atoms with E-state index >= 15 is 0 Å². The number of rotatable bonds is 12. The van der Waals surface area contributed by atoms with Gasteiger partial charge in [-0.15, -0.1) is 0 Å². The molecule has 1 saturated heterocycles. The predicted octanol–water partition coefficient (Wildman–Crippen LogP) is 4.08. The van der Waals surface area contributed by atoms with Crippen LogP contribution in [-0.2, 0) is 14.3 Å². The smallest absolute Gasteiger partial charge is 0.306 e. The van der Waals surface area contributed by atoms with E-state index in [-0.39, 0.29) is 37.3 Å².